The first kappa shape index (κ1) is 17.3. The van der Waals surface area contributed by atoms with Crippen LogP contribution in [0.15, 0.2) is 48.5 Å². The van der Waals surface area contributed by atoms with Crippen molar-refractivity contribution in [3.63, 3.8) is 0 Å². The van der Waals surface area contributed by atoms with E-state index in [-0.39, 0.29) is 5.91 Å². The van der Waals surface area contributed by atoms with E-state index in [4.69, 9.17) is 4.98 Å². The predicted molar refractivity (Wildman–Crippen MR) is 113 cm³/mol. The quantitative estimate of drug-likeness (QED) is 0.545. The maximum Gasteiger partial charge on any atom is 0.221 e. The molecule has 1 aliphatic rings. The van der Waals surface area contributed by atoms with Gasteiger partial charge in [-0.15, -0.1) is 0 Å². The molecular weight excluding hydrogens is 362 g/mol. The van der Waals surface area contributed by atoms with Crippen LogP contribution in [0.3, 0.4) is 0 Å². The normalized spacial score (nSPS) is 12.7. The summed E-state index contributed by atoms with van der Waals surface area (Å²) < 4.78 is 2.07. The van der Waals surface area contributed by atoms with Gasteiger partial charge in [-0.25, -0.2) is 4.98 Å². The standard InChI is InChI=1S/C23H19N5O/c1-14(29)25-15-9-11-16(12-10-15)26-22-18-6-4-5-17(18)19(13-24)23-27-20-7-2-3-8-21(20)28(22)23/h2-3,7-12,26H,4-6H2,1H3,(H,25,29). The first-order valence-corrected chi connectivity index (χ1v) is 9.65. The number of para-hydroxylation sites is 2. The fourth-order valence-corrected chi connectivity index (χ4v) is 4.20. The van der Waals surface area contributed by atoms with E-state index in [1.807, 2.05) is 48.5 Å². The monoisotopic (exact) mass is 381 g/mol. The third-order valence-corrected chi connectivity index (χ3v) is 5.39. The highest BCUT2D eigenvalue weighted by Crippen LogP contribution is 2.37. The molecule has 0 radical (unpaired) electrons. The Hall–Kier alpha value is -3.85. The van der Waals surface area contributed by atoms with Crippen LogP contribution in [0.25, 0.3) is 16.7 Å². The van der Waals surface area contributed by atoms with Gasteiger partial charge in [0.05, 0.1) is 16.6 Å². The van der Waals surface area contributed by atoms with E-state index < -0.39 is 0 Å². The molecule has 0 saturated heterocycles. The van der Waals surface area contributed by atoms with Gasteiger partial charge in [0.25, 0.3) is 0 Å². The minimum absolute atomic E-state index is 0.0952. The van der Waals surface area contributed by atoms with Crippen molar-refractivity contribution in [2.24, 2.45) is 0 Å². The molecule has 2 aromatic heterocycles. The molecule has 29 heavy (non-hydrogen) atoms. The lowest BCUT2D eigenvalue weighted by molar-refractivity contribution is -0.114. The summed E-state index contributed by atoms with van der Waals surface area (Å²) in [5.41, 5.74) is 7.19. The fraction of sp³-hybridized carbons (Fsp3) is 0.174. The first-order chi connectivity index (χ1) is 14.2. The summed E-state index contributed by atoms with van der Waals surface area (Å²) in [6.07, 6.45) is 2.86. The minimum Gasteiger partial charge on any atom is -0.341 e. The van der Waals surface area contributed by atoms with E-state index in [1.165, 1.54) is 12.5 Å². The average Bonchev–Trinajstić information content (AvgIpc) is 3.34. The van der Waals surface area contributed by atoms with E-state index in [0.717, 1.165) is 53.1 Å². The van der Waals surface area contributed by atoms with Crippen molar-refractivity contribution in [3.8, 4) is 6.07 Å². The number of imidazole rings is 1. The minimum atomic E-state index is -0.0952. The number of amides is 1. The topological polar surface area (TPSA) is 82.2 Å². The molecule has 2 aromatic carbocycles. The molecule has 6 nitrogen and oxygen atoms in total. The van der Waals surface area contributed by atoms with Gasteiger partial charge < -0.3 is 10.6 Å². The van der Waals surface area contributed by atoms with Crippen molar-refractivity contribution in [3.05, 3.63) is 65.2 Å². The number of fused-ring (bicyclic) bond motifs is 4. The van der Waals surface area contributed by atoms with Crippen LogP contribution < -0.4 is 10.6 Å². The van der Waals surface area contributed by atoms with Crippen LogP contribution >= 0.6 is 0 Å². The zero-order valence-electron chi connectivity index (χ0n) is 16.0. The largest absolute Gasteiger partial charge is 0.341 e. The van der Waals surface area contributed by atoms with Gasteiger partial charge in [-0.05, 0) is 66.8 Å². The van der Waals surface area contributed by atoms with Crippen molar-refractivity contribution < 1.29 is 4.79 Å². The third-order valence-electron chi connectivity index (χ3n) is 5.39. The van der Waals surface area contributed by atoms with Gasteiger partial charge in [-0.2, -0.15) is 5.26 Å². The maximum atomic E-state index is 11.3. The summed E-state index contributed by atoms with van der Waals surface area (Å²) in [6, 6.07) is 18.0. The Morgan fingerprint density at radius 2 is 1.79 bits per heavy atom. The molecule has 0 fully saturated rings. The van der Waals surface area contributed by atoms with Crippen LogP contribution in [0.1, 0.15) is 30.0 Å². The Balaban J connectivity index is 1.71. The molecule has 0 aliphatic heterocycles. The predicted octanol–water partition coefficient (Wildman–Crippen LogP) is 4.55. The summed E-state index contributed by atoms with van der Waals surface area (Å²) in [5, 5.41) is 16.2. The number of nitriles is 1. The highest BCUT2D eigenvalue weighted by atomic mass is 16.1. The SMILES string of the molecule is CC(=O)Nc1ccc(Nc2c3c(c(C#N)c4nc5ccccc5n24)CCC3)cc1. The molecule has 2 N–H and O–H groups in total. The van der Waals surface area contributed by atoms with Gasteiger partial charge in [0.2, 0.25) is 5.91 Å². The van der Waals surface area contributed by atoms with Gasteiger partial charge >= 0.3 is 0 Å². The summed E-state index contributed by atoms with van der Waals surface area (Å²) >= 11 is 0. The summed E-state index contributed by atoms with van der Waals surface area (Å²) in [5.74, 6) is 0.870. The van der Waals surface area contributed by atoms with Crippen LogP contribution in [-0.2, 0) is 17.6 Å². The number of carbonyl (C=O) groups is 1. The average molecular weight is 381 g/mol. The Kier molecular flexibility index (Phi) is 3.95. The molecule has 4 aromatic rings. The van der Waals surface area contributed by atoms with Crippen molar-refractivity contribution in [1.29, 1.82) is 5.26 Å². The second-order valence-corrected chi connectivity index (χ2v) is 7.29. The van der Waals surface area contributed by atoms with Crippen molar-refractivity contribution in [2.45, 2.75) is 26.2 Å². The van der Waals surface area contributed by atoms with Gasteiger partial charge in [0.1, 0.15) is 11.9 Å². The third kappa shape index (κ3) is 2.79. The van der Waals surface area contributed by atoms with E-state index in [0.29, 0.717) is 11.2 Å². The molecule has 0 saturated carbocycles. The molecule has 0 bridgehead atoms. The van der Waals surface area contributed by atoms with Crippen LogP contribution in [0.5, 0.6) is 0 Å². The van der Waals surface area contributed by atoms with E-state index in [2.05, 4.69) is 21.1 Å². The lowest BCUT2D eigenvalue weighted by Gasteiger charge is -2.16. The highest BCUT2D eigenvalue weighted by Gasteiger charge is 2.25. The number of benzene rings is 2. The van der Waals surface area contributed by atoms with E-state index >= 15 is 0 Å². The number of rotatable bonds is 3. The Bertz CT molecular complexity index is 1310. The molecule has 2 heterocycles. The number of hydrogen-bond donors (Lipinski definition) is 2. The zero-order valence-corrected chi connectivity index (χ0v) is 16.0. The molecule has 6 heteroatoms. The molecule has 1 amide bonds. The lowest BCUT2D eigenvalue weighted by atomic mass is 10.1. The van der Waals surface area contributed by atoms with Crippen molar-refractivity contribution in [1.82, 2.24) is 9.38 Å². The second-order valence-electron chi connectivity index (χ2n) is 7.29. The Morgan fingerprint density at radius 3 is 2.55 bits per heavy atom. The van der Waals surface area contributed by atoms with Gasteiger partial charge in [-0.3, -0.25) is 9.20 Å². The lowest BCUT2D eigenvalue weighted by Crippen LogP contribution is -2.07. The number of anilines is 3. The maximum absolute atomic E-state index is 11.3. The Labute approximate surface area is 167 Å². The highest BCUT2D eigenvalue weighted by molar-refractivity contribution is 5.89. The molecule has 0 spiro atoms. The number of hydrogen-bond acceptors (Lipinski definition) is 4. The summed E-state index contributed by atoms with van der Waals surface area (Å²) in [7, 11) is 0. The molecule has 142 valence electrons. The van der Waals surface area contributed by atoms with Crippen LogP contribution in [0, 0.1) is 11.3 Å². The number of nitrogens with zero attached hydrogens (tertiary/aromatic N) is 3. The van der Waals surface area contributed by atoms with Gasteiger partial charge in [-0.1, -0.05) is 12.1 Å². The summed E-state index contributed by atoms with van der Waals surface area (Å²) in [4.78, 5) is 16.0. The second kappa shape index (κ2) is 6.64. The van der Waals surface area contributed by atoms with E-state index in [1.54, 1.807) is 0 Å². The molecule has 1 aliphatic carbocycles. The molecular formula is C23H19N5O. The van der Waals surface area contributed by atoms with Crippen LogP contribution in [-0.4, -0.2) is 15.3 Å². The van der Waals surface area contributed by atoms with Crippen molar-refractivity contribution >= 4 is 39.8 Å². The number of nitrogens with one attached hydrogen (secondary N) is 2. The fourth-order valence-electron chi connectivity index (χ4n) is 4.20. The number of aromatic nitrogens is 2. The first-order valence-electron chi connectivity index (χ1n) is 9.65. The van der Waals surface area contributed by atoms with Crippen LogP contribution in [0.2, 0.25) is 0 Å². The van der Waals surface area contributed by atoms with Crippen molar-refractivity contribution in [2.75, 3.05) is 10.6 Å². The summed E-state index contributed by atoms with van der Waals surface area (Å²) in [6.45, 7) is 1.49. The van der Waals surface area contributed by atoms with E-state index in [9.17, 15) is 10.1 Å². The molecule has 0 unspecified atom stereocenters. The van der Waals surface area contributed by atoms with Gasteiger partial charge in [0, 0.05) is 18.3 Å². The Morgan fingerprint density at radius 1 is 1.07 bits per heavy atom. The number of pyridine rings is 1. The van der Waals surface area contributed by atoms with Crippen LogP contribution in [0.4, 0.5) is 17.2 Å². The zero-order chi connectivity index (χ0) is 20.0. The smallest absolute Gasteiger partial charge is 0.221 e. The molecule has 5 rings (SSSR count). The molecule has 0 atom stereocenters. The van der Waals surface area contributed by atoms with Gasteiger partial charge in [0.15, 0.2) is 5.65 Å². The number of carbonyl (C=O) groups excluding carboxylic acids is 1.